The second kappa shape index (κ2) is 13.0. The highest BCUT2D eigenvalue weighted by Gasteiger charge is 2.30. The van der Waals surface area contributed by atoms with Gasteiger partial charge in [0.05, 0.1) is 37.3 Å². The van der Waals surface area contributed by atoms with E-state index < -0.39 is 0 Å². The van der Waals surface area contributed by atoms with E-state index in [1.165, 1.54) is 30.5 Å². The van der Waals surface area contributed by atoms with Crippen LogP contribution in [-0.4, -0.2) is 59.4 Å². The minimum Gasteiger partial charge on any atom is -0.489 e. The SMILES string of the molecule is CCC(=O)Cc1nc(C)c(C(=O)C[C@@H](C)c2ccc(O[C@@H]3CCN(c4ncnc(OCC5CC5)c4OC)C3)cc2)s1. The van der Waals surface area contributed by atoms with Gasteiger partial charge >= 0.3 is 0 Å². The molecule has 2 aromatic heterocycles. The molecule has 10 heteroatoms. The Hall–Kier alpha value is -3.53. The molecule has 2 fully saturated rings. The van der Waals surface area contributed by atoms with Gasteiger partial charge in [0.1, 0.15) is 29.0 Å². The summed E-state index contributed by atoms with van der Waals surface area (Å²) in [6, 6.07) is 8.00. The molecule has 5 rings (SSSR count). The third-order valence-corrected chi connectivity index (χ3v) is 8.83. The van der Waals surface area contributed by atoms with Gasteiger partial charge in [-0.05, 0) is 49.3 Å². The van der Waals surface area contributed by atoms with Gasteiger partial charge in [0.15, 0.2) is 11.6 Å². The number of aromatic nitrogens is 3. The molecule has 0 spiro atoms. The van der Waals surface area contributed by atoms with Crippen molar-refractivity contribution in [3.63, 3.8) is 0 Å². The fraction of sp³-hybridized carbons (Fsp3) is 0.516. The predicted molar refractivity (Wildman–Crippen MR) is 158 cm³/mol. The zero-order valence-corrected chi connectivity index (χ0v) is 25.0. The number of aryl methyl sites for hydroxylation is 1. The summed E-state index contributed by atoms with van der Waals surface area (Å²) >= 11 is 1.35. The van der Waals surface area contributed by atoms with Crippen molar-refractivity contribution in [2.24, 2.45) is 5.92 Å². The largest absolute Gasteiger partial charge is 0.489 e. The Bertz CT molecular complexity index is 1370. The second-order valence-corrected chi connectivity index (χ2v) is 12.0. The summed E-state index contributed by atoms with van der Waals surface area (Å²) < 4.78 is 17.9. The molecule has 1 saturated carbocycles. The highest BCUT2D eigenvalue weighted by molar-refractivity contribution is 7.14. The number of ether oxygens (including phenoxy) is 3. The van der Waals surface area contributed by atoms with Crippen molar-refractivity contribution < 1.29 is 23.8 Å². The number of nitrogens with zero attached hydrogens (tertiary/aromatic N) is 4. The maximum atomic E-state index is 13.0. The lowest BCUT2D eigenvalue weighted by Gasteiger charge is -2.21. The van der Waals surface area contributed by atoms with Crippen molar-refractivity contribution in [2.75, 3.05) is 31.7 Å². The number of hydrogen-bond acceptors (Lipinski definition) is 10. The molecule has 1 aliphatic heterocycles. The summed E-state index contributed by atoms with van der Waals surface area (Å²) in [4.78, 5) is 40.9. The smallest absolute Gasteiger partial charge is 0.262 e. The first-order valence-corrected chi connectivity index (χ1v) is 15.2. The molecule has 1 saturated heterocycles. The molecule has 9 nitrogen and oxygen atoms in total. The zero-order chi connectivity index (χ0) is 28.9. The molecular formula is C31H38N4O5S. The minimum absolute atomic E-state index is 0.0124. The van der Waals surface area contributed by atoms with Gasteiger partial charge < -0.3 is 19.1 Å². The van der Waals surface area contributed by atoms with Gasteiger partial charge in [-0.15, -0.1) is 11.3 Å². The average molecular weight is 579 g/mol. The summed E-state index contributed by atoms with van der Waals surface area (Å²) in [5.74, 6) is 3.46. The Morgan fingerprint density at radius 3 is 2.63 bits per heavy atom. The lowest BCUT2D eigenvalue weighted by molar-refractivity contribution is -0.118. The first-order chi connectivity index (χ1) is 19.8. The molecule has 3 heterocycles. The Kier molecular flexibility index (Phi) is 9.17. The Labute approximate surface area is 245 Å². The van der Waals surface area contributed by atoms with Crippen LogP contribution in [0.4, 0.5) is 5.82 Å². The topological polar surface area (TPSA) is 104 Å². The summed E-state index contributed by atoms with van der Waals surface area (Å²) in [7, 11) is 1.62. The van der Waals surface area contributed by atoms with Crippen LogP contribution in [0.15, 0.2) is 30.6 Å². The van der Waals surface area contributed by atoms with Crippen LogP contribution in [0.1, 0.15) is 77.8 Å². The van der Waals surface area contributed by atoms with E-state index in [1.54, 1.807) is 7.11 Å². The number of rotatable bonds is 14. The van der Waals surface area contributed by atoms with Crippen molar-refractivity contribution in [2.45, 2.75) is 71.3 Å². The van der Waals surface area contributed by atoms with Gasteiger partial charge in [-0.2, -0.15) is 4.98 Å². The summed E-state index contributed by atoms with van der Waals surface area (Å²) in [6.45, 7) is 7.87. The van der Waals surface area contributed by atoms with Crippen LogP contribution in [0, 0.1) is 12.8 Å². The molecule has 3 aromatic rings. The van der Waals surface area contributed by atoms with Crippen LogP contribution in [0.3, 0.4) is 0 Å². The Morgan fingerprint density at radius 1 is 1.15 bits per heavy atom. The van der Waals surface area contributed by atoms with E-state index in [0.717, 1.165) is 35.1 Å². The van der Waals surface area contributed by atoms with Crippen LogP contribution in [0.2, 0.25) is 0 Å². The number of carbonyl (C=O) groups is 2. The van der Waals surface area contributed by atoms with E-state index >= 15 is 0 Å². The fourth-order valence-corrected chi connectivity index (χ4v) is 6.03. The monoisotopic (exact) mass is 578 g/mol. The van der Waals surface area contributed by atoms with Gasteiger partial charge in [0.25, 0.3) is 5.88 Å². The van der Waals surface area contributed by atoms with Crippen LogP contribution in [0.25, 0.3) is 0 Å². The third-order valence-electron chi connectivity index (χ3n) is 7.63. The van der Waals surface area contributed by atoms with E-state index in [2.05, 4.69) is 26.8 Å². The summed E-state index contributed by atoms with van der Waals surface area (Å²) in [6.07, 6.45) is 5.98. The number of benzene rings is 1. The average Bonchev–Trinajstić information content (AvgIpc) is 3.57. The number of Topliss-reactive ketones (excluding diaryl/α,β-unsaturated/α-hetero) is 2. The Morgan fingerprint density at radius 2 is 1.93 bits per heavy atom. The van der Waals surface area contributed by atoms with Crippen molar-refractivity contribution >= 4 is 28.7 Å². The van der Waals surface area contributed by atoms with Crippen LogP contribution >= 0.6 is 11.3 Å². The van der Waals surface area contributed by atoms with Crippen molar-refractivity contribution in [1.29, 1.82) is 0 Å². The molecule has 0 radical (unpaired) electrons. The van der Waals surface area contributed by atoms with Crippen molar-refractivity contribution in [1.82, 2.24) is 15.0 Å². The van der Waals surface area contributed by atoms with Gasteiger partial charge in [0, 0.05) is 25.8 Å². The highest BCUT2D eigenvalue weighted by Crippen LogP contribution is 2.37. The van der Waals surface area contributed by atoms with Gasteiger partial charge in [-0.1, -0.05) is 26.0 Å². The quantitative estimate of drug-likeness (QED) is 0.226. The molecule has 218 valence electrons. The second-order valence-electron chi connectivity index (χ2n) is 11.0. The number of anilines is 1. The normalized spacial score (nSPS) is 17.4. The van der Waals surface area contributed by atoms with E-state index in [4.69, 9.17) is 14.2 Å². The molecule has 2 aliphatic rings. The molecular weight excluding hydrogens is 540 g/mol. The summed E-state index contributed by atoms with van der Waals surface area (Å²) in [5, 5.41) is 0.720. The lowest BCUT2D eigenvalue weighted by Crippen LogP contribution is -2.26. The van der Waals surface area contributed by atoms with E-state index in [-0.39, 0.29) is 23.6 Å². The molecule has 1 aliphatic carbocycles. The molecule has 0 unspecified atom stereocenters. The first kappa shape index (κ1) is 29.0. The molecule has 0 bridgehead atoms. The number of thiazole rings is 1. The number of methoxy groups -OCH3 is 1. The van der Waals surface area contributed by atoms with E-state index in [1.807, 2.05) is 38.1 Å². The van der Waals surface area contributed by atoms with Crippen molar-refractivity contribution in [3.8, 4) is 17.4 Å². The standard InChI is InChI=1S/C31H38N4O5S/c1-5-23(36)15-27-34-20(3)29(41-27)26(37)14-19(2)22-8-10-24(11-9-22)40-25-12-13-35(16-25)30-28(38-4)31(33-18-32-30)39-17-21-6-7-21/h8-11,18-19,21,25H,5-7,12-17H2,1-4H3/t19-,25-/m1/s1. The van der Waals surface area contributed by atoms with Crippen LogP contribution < -0.4 is 19.1 Å². The van der Waals surface area contributed by atoms with Crippen molar-refractivity contribution in [3.05, 3.63) is 51.7 Å². The van der Waals surface area contributed by atoms with E-state index in [9.17, 15) is 9.59 Å². The molecule has 0 amide bonds. The number of ketones is 2. The molecule has 2 atom stereocenters. The number of hydrogen-bond donors (Lipinski definition) is 0. The van der Waals surface area contributed by atoms with Crippen LogP contribution in [-0.2, 0) is 11.2 Å². The Balaban J connectivity index is 1.15. The van der Waals surface area contributed by atoms with Gasteiger partial charge in [-0.25, -0.2) is 9.97 Å². The van der Waals surface area contributed by atoms with Gasteiger partial charge in [0.2, 0.25) is 5.75 Å². The molecule has 41 heavy (non-hydrogen) atoms. The molecule has 1 aromatic carbocycles. The predicted octanol–water partition coefficient (Wildman–Crippen LogP) is 5.59. The zero-order valence-electron chi connectivity index (χ0n) is 24.2. The van der Waals surface area contributed by atoms with Crippen LogP contribution in [0.5, 0.6) is 17.4 Å². The minimum atomic E-state index is 0.0124. The molecule has 0 N–H and O–H groups in total. The highest BCUT2D eigenvalue weighted by atomic mass is 32.1. The maximum absolute atomic E-state index is 13.0. The third kappa shape index (κ3) is 7.22. The lowest BCUT2D eigenvalue weighted by atomic mass is 9.95. The van der Waals surface area contributed by atoms with Gasteiger partial charge in [-0.3, -0.25) is 9.59 Å². The number of carbonyl (C=O) groups excluding carboxylic acids is 2. The maximum Gasteiger partial charge on any atom is 0.262 e. The summed E-state index contributed by atoms with van der Waals surface area (Å²) in [5.41, 5.74) is 1.79. The fourth-order valence-electron chi connectivity index (χ4n) is 4.99. The first-order valence-electron chi connectivity index (χ1n) is 14.4. The van der Waals surface area contributed by atoms with E-state index in [0.29, 0.717) is 60.5 Å².